The molecule has 0 aromatic heterocycles. The zero-order chi connectivity index (χ0) is 13.4. The van der Waals surface area contributed by atoms with Crippen molar-refractivity contribution in [1.82, 2.24) is 0 Å². The van der Waals surface area contributed by atoms with Gasteiger partial charge in [-0.05, 0) is 37.0 Å². The zero-order valence-electron chi connectivity index (χ0n) is 10.4. The number of aryl methyl sites for hydroxylation is 1. The van der Waals surface area contributed by atoms with Crippen LogP contribution in [-0.4, -0.2) is 17.9 Å². The summed E-state index contributed by atoms with van der Waals surface area (Å²) in [6.07, 6.45) is 2.14. The van der Waals surface area contributed by atoms with E-state index in [4.69, 9.17) is 10.00 Å². The van der Waals surface area contributed by atoms with Crippen molar-refractivity contribution >= 4 is 21.9 Å². The predicted octanol–water partition coefficient (Wildman–Crippen LogP) is 2.99. The first-order valence-corrected chi connectivity index (χ1v) is 7.07. The normalized spacial score (nSPS) is 9.83. The maximum absolute atomic E-state index is 11.5. The molecule has 0 aliphatic carbocycles. The van der Waals surface area contributed by atoms with Gasteiger partial charge in [0.25, 0.3) is 0 Å². The number of hydrogen-bond donors (Lipinski definition) is 0. The van der Waals surface area contributed by atoms with Gasteiger partial charge in [-0.2, -0.15) is 5.26 Å². The van der Waals surface area contributed by atoms with Crippen LogP contribution in [0.25, 0.3) is 0 Å². The van der Waals surface area contributed by atoms with E-state index < -0.39 is 0 Å². The van der Waals surface area contributed by atoms with E-state index in [2.05, 4.69) is 22.0 Å². The molecule has 0 fully saturated rings. The molecule has 1 aromatic rings. The Morgan fingerprint density at radius 1 is 1.50 bits per heavy atom. The first kappa shape index (κ1) is 14.7. The Morgan fingerprint density at radius 3 is 2.89 bits per heavy atom. The lowest BCUT2D eigenvalue weighted by Gasteiger charge is -2.07. The highest BCUT2D eigenvalue weighted by molar-refractivity contribution is 9.09. The van der Waals surface area contributed by atoms with Crippen molar-refractivity contribution in [2.24, 2.45) is 0 Å². The second-order valence-corrected chi connectivity index (χ2v) is 4.67. The Bertz CT molecular complexity index is 452. The summed E-state index contributed by atoms with van der Waals surface area (Å²) in [4.78, 5) is 11.5. The highest BCUT2D eigenvalue weighted by atomic mass is 79.9. The molecule has 0 amide bonds. The topological polar surface area (TPSA) is 50.1 Å². The molecule has 0 saturated heterocycles. The minimum absolute atomic E-state index is 0.166. The molecule has 1 aromatic carbocycles. The van der Waals surface area contributed by atoms with Crippen LogP contribution in [0.15, 0.2) is 18.2 Å². The number of carbonyl (C=O) groups is 1. The van der Waals surface area contributed by atoms with Gasteiger partial charge < -0.3 is 4.74 Å². The first-order chi connectivity index (χ1) is 8.71. The molecule has 96 valence electrons. The average Bonchev–Trinajstić information content (AvgIpc) is 2.37. The summed E-state index contributed by atoms with van der Waals surface area (Å²) in [5.41, 5.74) is 2.45. The Morgan fingerprint density at radius 2 is 2.28 bits per heavy atom. The van der Waals surface area contributed by atoms with Crippen molar-refractivity contribution in [3.8, 4) is 6.07 Å². The summed E-state index contributed by atoms with van der Waals surface area (Å²) >= 11 is 3.39. The molecule has 4 heteroatoms. The fourth-order valence-corrected chi connectivity index (χ4v) is 1.98. The Labute approximate surface area is 116 Å². The van der Waals surface area contributed by atoms with Crippen LogP contribution >= 0.6 is 15.9 Å². The monoisotopic (exact) mass is 309 g/mol. The van der Waals surface area contributed by atoms with Gasteiger partial charge in [-0.3, -0.25) is 4.79 Å². The van der Waals surface area contributed by atoms with Gasteiger partial charge in [-0.25, -0.2) is 0 Å². The number of nitrogens with zero attached hydrogens (tertiary/aromatic N) is 1. The standard InChI is InChI=1S/C14H16BrNO2/c1-2-18-14(17)9-13-8-11(4-3-7-15)5-6-12(13)10-16/h5-6,8H,2-4,7,9H2,1H3. The zero-order valence-corrected chi connectivity index (χ0v) is 12.0. The van der Waals surface area contributed by atoms with Crippen molar-refractivity contribution in [3.05, 3.63) is 34.9 Å². The number of hydrogen-bond acceptors (Lipinski definition) is 3. The van der Waals surface area contributed by atoms with Gasteiger partial charge in [-0.1, -0.05) is 28.1 Å². The van der Waals surface area contributed by atoms with E-state index in [1.54, 1.807) is 13.0 Å². The first-order valence-electron chi connectivity index (χ1n) is 5.94. The molecule has 0 aliphatic rings. The van der Waals surface area contributed by atoms with E-state index in [0.29, 0.717) is 12.2 Å². The number of benzene rings is 1. The van der Waals surface area contributed by atoms with Gasteiger partial charge in [-0.15, -0.1) is 0 Å². The van der Waals surface area contributed by atoms with Crippen LogP contribution in [-0.2, 0) is 22.4 Å². The number of carbonyl (C=O) groups excluding carboxylic acids is 1. The molecule has 0 atom stereocenters. The van der Waals surface area contributed by atoms with Crippen molar-refractivity contribution in [2.75, 3.05) is 11.9 Å². The van der Waals surface area contributed by atoms with Crippen LogP contribution in [0.1, 0.15) is 30.0 Å². The average molecular weight is 310 g/mol. The largest absolute Gasteiger partial charge is 0.466 e. The predicted molar refractivity (Wildman–Crippen MR) is 73.6 cm³/mol. The summed E-state index contributed by atoms with van der Waals surface area (Å²) in [5, 5.41) is 9.96. The van der Waals surface area contributed by atoms with Crippen LogP contribution in [0.2, 0.25) is 0 Å². The van der Waals surface area contributed by atoms with Gasteiger partial charge >= 0.3 is 5.97 Å². The van der Waals surface area contributed by atoms with Gasteiger partial charge in [0, 0.05) is 5.33 Å². The number of esters is 1. The number of rotatable bonds is 6. The maximum atomic E-state index is 11.5. The molecule has 0 saturated carbocycles. The van der Waals surface area contributed by atoms with E-state index in [9.17, 15) is 4.79 Å². The molecular formula is C14H16BrNO2. The van der Waals surface area contributed by atoms with Gasteiger partial charge in [0.1, 0.15) is 0 Å². The lowest BCUT2D eigenvalue weighted by atomic mass is 10.00. The fraction of sp³-hybridized carbons (Fsp3) is 0.429. The number of alkyl halides is 1. The van der Waals surface area contributed by atoms with Crippen LogP contribution in [0.3, 0.4) is 0 Å². The van der Waals surface area contributed by atoms with Crippen LogP contribution in [0.5, 0.6) is 0 Å². The summed E-state index contributed by atoms with van der Waals surface area (Å²) in [7, 11) is 0. The molecule has 3 nitrogen and oxygen atoms in total. The quantitative estimate of drug-likeness (QED) is 0.599. The molecule has 0 bridgehead atoms. The lowest BCUT2D eigenvalue weighted by Crippen LogP contribution is -2.09. The third kappa shape index (κ3) is 4.50. The molecule has 0 radical (unpaired) electrons. The second kappa shape index (κ2) is 7.88. The smallest absolute Gasteiger partial charge is 0.310 e. The van der Waals surface area contributed by atoms with Gasteiger partial charge in [0.2, 0.25) is 0 Å². The van der Waals surface area contributed by atoms with Crippen molar-refractivity contribution in [1.29, 1.82) is 5.26 Å². The lowest BCUT2D eigenvalue weighted by molar-refractivity contribution is -0.142. The summed E-state index contributed by atoms with van der Waals surface area (Å²) in [6.45, 7) is 2.14. The van der Waals surface area contributed by atoms with Crippen LogP contribution in [0.4, 0.5) is 0 Å². The van der Waals surface area contributed by atoms with E-state index in [1.165, 1.54) is 0 Å². The highest BCUT2D eigenvalue weighted by Gasteiger charge is 2.09. The molecule has 0 N–H and O–H groups in total. The van der Waals surface area contributed by atoms with Gasteiger partial charge in [0.15, 0.2) is 0 Å². The minimum Gasteiger partial charge on any atom is -0.466 e. The van der Waals surface area contributed by atoms with E-state index in [0.717, 1.165) is 29.3 Å². The number of halogens is 1. The van der Waals surface area contributed by atoms with Crippen LogP contribution < -0.4 is 0 Å². The molecular weight excluding hydrogens is 294 g/mol. The Hall–Kier alpha value is -1.34. The maximum Gasteiger partial charge on any atom is 0.310 e. The molecule has 18 heavy (non-hydrogen) atoms. The summed E-state index contributed by atoms with van der Waals surface area (Å²) in [6, 6.07) is 7.75. The second-order valence-electron chi connectivity index (χ2n) is 3.88. The van der Waals surface area contributed by atoms with Crippen molar-refractivity contribution in [2.45, 2.75) is 26.2 Å². The van der Waals surface area contributed by atoms with E-state index >= 15 is 0 Å². The van der Waals surface area contributed by atoms with Crippen LogP contribution in [0, 0.1) is 11.3 Å². The molecule has 0 heterocycles. The molecule has 0 aliphatic heterocycles. The van der Waals surface area contributed by atoms with Crippen molar-refractivity contribution in [3.63, 3.8) is 0 Å². The Kier molecular flexibility index (Phi) is 6.45. The number of nitriles is 1. The fourth-order valence-electron chi connectivity index (χ4n) is 1.70. The molecule has 1 rings (SSSR count). The third-order valence-electron chi connectivity index (χ3n) is 2.53. The third-order valence-corrected chi connectivity index (χ3v) is 3.09. The number of ether oxygens (including phenoxy) is 1. The molecule has 0 unspecified atom stereocenters. The van der Waals surface area contributed by atoms with E-state index in [-0.39, 0.29) is 12.4 Å². The van der Waals surface area contributed by atoms with Crippen molar-refractivity contribution < 1.29 is 9.53 Å². The summed E-state index contributed by atoms with van der Waals surface area (Å²) < 4.78 is 4.91. The minimum atomic E-state index is -0.286. The molecule has 0 spiro atoms. The highest BCUT2D eigenvalue weighted by Crippen LogP contribution is 2.14. The Balaban J connectivity index is 2.85. The van der Waals surface area contributed by atoms with E-state index in [1.807, 2.05) is 12.1 Å². The SMILES string of the molecule is CCOC(=O)Cc1cc(CCCBr)ccc1C#N. The summed E-state index contributed by atoms with van der Waals surface area (Å²) in [5.74, 6) is -0.286. The van der Waals surface area contributed by atoms with Gasteiger partial charge in [0.05, 0.1) is 24.7 Å².